The number of aryl methyl sites for hydroxylation is 1. The van der Waals surface area contributed by atoms with Crippen LogP contribution in [0.1, 0.15) is 34.2 Å². The first kappa shape index (κ1) is 24.1. The van der Waals surface area contributed by atoms with E-state index in [0.29, 0.717) is 16.9 Å². The lowest BCUT2D eigenvalue weighted by molar-refractivity contribution is -0.129. The third-order valence-electron chi connectivity index (χ3n) is 4.79. The molecule has 0 aliphatic rings. The van der Waals surface area contributed by atoms with Crippen LogP contribution in [-0.4, -0.2) is 26.4 Å². The SMILES string of the molecule is Cc1ccc(S(=O)(=O)NCc2ccco2)cc1C(=O)OC(C)C(=O)NCc1ccc(F)cc1. The van der Waals surface area contributed by atoms with E-state index in [1.165, 1.54) is 55.7 Å². The largest absolute Gasteiger partial charge is 0.468 e. The van der Waals surface area contributed by atoms with E-state index in [1.54, 1.807) is 19.1 Å². The molecule has 0 bridgehead atoms. The predicted molar refractivity (Wildman–Crippen MR) is 117 cm³/mol. The molecule has 2 N–H and O–H groups in total. The van der Waals surface area contributed by atoms with Crippen LogP contribution in [0.2, 0.25) is 0 Å². The molecular formula is C23H23FN2O6S. The first-order valence-corrected chi connectivity index (χ1v) is 11.5. The van der Waals surface area contributed by atoms with E-state index in [9.17, 15) is 22.4 Å². The molecule has 0 saturated carbocycles. The molecule has 3 aromatic rings. The lowest BCUT2D eigenvalue weighted by Crippen LogP contribution is -2.35. The minimum Gasteiger partial charge on any atom is -0.468 e. The summed E-state index contributed by atoms with van der Waals surface area (Å²) < 4.78 is 50.9. The van der Waals surface area contributed by atoms with Crippen molar-refractivity contribution in [2.75, 3.05) is 0 Å². The second-order valence-corrected chi connectivity index (χ2v) is 9.04. The number of halogens is 1. The average molecular weight is 475 g/mol. The second-order valence-electron chi connectivity index (χ2n) is 7.27. The average Bonchev–Trinajstić information content (AvgIpc) is 3.31. The number of carbonyl (C=O) groups excluding carboxylic acids is 2. The zero-order valence-electron chi connectivity index (χ0n) is 18.0. The summed E-state index contributed by atoms with van der Waals surface area (Å²) >= 11 is 0. The first-order valence-electron chi connectivity index (χ1n) is 10.0. The number of nitrogens with one attached hydrogen (secondary N) is 2. The molecule has 10 heteroatoms. The summed E-state index contributed by atoms with van der Waals surface area (Å²) in [4.78, 5) is 24.8. The fraction of sp³-hybridized carbons (Fsp3) is 0.217. The van der Waals surface area contributed by atoms with Gasteiger partial charge in [-0.1, -0.05) is 18.2 Å². The van der Waals surface area contributed by atoms with Gasteiger partial charge in [-0.15, -0.1) is 0 Å². The normalized spacial score (nSPS) is 12.2. The third kappa shape index (κ3) is 6.50. The highest BCUT2D eigenvalue weighted by Gasteiger charge is 2.23. The van der Waals surface area contributed by atoms with Crippen molar-refractivity contribution in [3.63, 3.8) is 0 Å². The number of esters is 1. The number of amides is 1. The van der Waals surface area contributed by atoms with Crippen LogP contribution in [0.5, 0.6) is 0 Å². The van der Waals surface area contributed by atoms with Crippen molar-refractivity contribution in [3.8, 4) is 0 Å². The molecule has 2 aromatic carbocycles. The van der Waals surface area contributed by atoms with Crippen molar-refractivity contribution < 1.29 is 31.6 Å². The Labute approximate surface area is 190 Å². The van der Waals surface area contributed by atoms with Gasteiger partial charge in [0.2, 0.25) is 10.0 Å². The smallest absolute Gasteiger partial charge is 0.339 e. The third-order valence-corrected chi connectivity index (χ3v) is 6.19. The highest BCUT2D eigenvalue weighted by molar-refractivity contribution is 7.89. The molecule has 0 saturated heterocycles. The Hall–Kier alpha value is -3.50. The van der Waals surface area contributed by atoms with E-state index < -0.39 is 28.0 Å². The van der Waals surface area contributed by atoms with Gasteiger partial charge in [0.1, 0.15) is 11.6 Å². The molecule has 1 unspecified atom stereocenters. The topological polar surface area (TPSA) is 115 Å². The number of furan rings is 1. The van der Waals surface area contributed by atoms with Gasteiger partial charge in [0, 0.05) is 6.54 Å². The van der Waals surface area contributed by atoms with Crippen LogP contribution in [0, 0.1) is 12.7 Å². The molecule has 1 heterocycles. The van der Waals surface area contributed by atoms with Crippen LogP contribution in [0.25, 0.3) is 0 Å². The van der Waals surface area contributed by atoms with E-state index >= 15 is 0 Å². The predicted octanol–water partition coefficient (Wildman–Crippen LogP) is 3.07. The van der Waals surface area contributed by atoms with Gasteiger partial charge in [-0.25, -0.2) is 22.3 Å². The Morgan fingerprint density at radius 3 is 2.48 bits per heavy atom. The summed E-state index contributed by atoms with van der Waals surface area (Å²) in [5, 5.41) is 2.60. The van der Waals surface area contributed by atoms with Crippen LogP contribution in [0.15, 0.2) is 70.2 Å². The van der Waals surface area contributed by atoms with Gasteiger partial charge in [0.25, 0.3) is 5.91 Å². The Kier molecular flexibility index (Phi) is 7.62. The summed E-state index contributed by atoms with van der Waals surface area (Å²) in [6, 6.07) is 12.9. The Balaban J connectivity index is 1.63. The highest BCUT2D eigenvalue weighted by Crippen LogP contribution is 2.18. The van der Waals surface area contributed by atoms with Crippen LogP contribution in [0.4, 0.5) is 4.39 Å². The maximum Gasteiger partial charge on any atom is 0.339 e. The highest BCUT2D eigenvalue weighted by atomic mass is 32.2. The van der Waals surface area contributed by atoms with E-state index in [4.69, 9.17) is 9.15 Å². The molecule has 1 aromatic heterocycles. The fourth-order valence-corrected chi connectivity index (χ4v) is 3.88. The molecule has 1 amide bonds. The molecule has 3 rings (SSSR count). The van der Waals surface area contributed by atoms with Gasteiger partial charge in [-0.05, 0) is 61.4 Å². The lowest BCUT2D eigenvalue weighted by Gasteiger charge is -2.15. The van der Waals surface area contributed by atoms with E-state index in [0.717, 1.165) is 0 Å². The van der Waals surface area contributed by atoms with Gasteiger partial charge in [0.15, 0.2) is 6.10 Å². The van der Waals surface area contributed by atoms with Crippen LogP contribution < -0.4 is 10.0 Å². The summed E-state index contributed by atoms with van der Waals surface area (Å²) in [6.45, 7) is 3.12. The van der Waals surface area contributed by atoms with Crippen LogP contribution in [-0.2, 0) is 32.6 Å². The molecule has 33 heavy (non-hydrogen) atoms. The minimum absolute atomic E-state index is 0.0223. The first-order chi connectivity index (χ1) is 15.7. The number of hydrogen-bond donors (Lipinski definition) is 2. The maximum atomic E-state index is 13.0. The molecule has 8 nitrogen and oxygen atoms in total. The molecule has 0 spiro atoms. The summed E-state index contributed by atoms with van der Waals surface area (Å²) in [6.07, 6.45) is 0.301. The van der Waals surface area contributed by atoms with Crippen molar-refractivity contribution in [1.82, 2.24) is 10.0 Å². The van der Waals surface area contributed by atoms with Crippen molar-refractivity contribution in [3.05, 3.63) is 89.1 Å². The van der Waals surface area contributed by atoms with Crippen molar-refractivity contribution >= 4 is 21.9 Å². The molecule has 0 aliphatic heterocycles. The van der Waals surface area contributed by atoms with Crippen molar-refractivity contribution in [2.45, 2.75) is 37.9 Å². The number of rotatable bonds is 9. The van der Waals surface area contributed by atoms with Gasteiger partial charge < -0.3 is 14.5 Å². The van der Waals surface area contributed by atoms with E-state index in [-0.39, 0.29) is 29.4 Å². The standard InChI is InChI=1S/C23H23FN2O6S/c1-15-5-10-20(33(29,30)26-14-19-4-3-11-31-19)12-21(15)23(28)32-16(2)22(27)25-13-17-6-8-18(24)9-7-17/h3-12,16,26H,13-14H2,1-2H3,(H,25,27). The zero-order chi connectivity index (χ0) is 24.0. The molecule has 174 valence electrons. The number of carbonyl (C=O) groups is 2. The number of ether oxygens (including phenoxy) is 1. The number of benzene rings is 2. The Bertz CT molecular complexity index is 1220. The van der Waals surface area contributed by atoms with Gasteiger partial charge in [-0.3, -0.25) is 4.79 Å². The summed E-state index contributed by atoms with van der Waals surface area (Å²) in [7, 11) is -3.92. The Morgan fingerprint density at radius 1 is 1.09 bits per heavy atom. The van der Waals surface area contributed by atoms with Crippen molar-refractivity contribution in [1.29, 1.82) is 0 Å². The molecule has 0 fully saturated rings. The zero-order valence-corrected chi connectivity index (χ0v) is 18.8. The lowest BCUT2D eigenvalue weighted by atomic mass is 10.1. The minimum atomic E-state index is -3.92. The monoisotopic (exact) mass is 474 g/mol. The molecule has 0 aliphatic carbocycles. The van der Waals surface area contributed by atoms with Crippen LogP contribution in [0.3, 0.4) is 0 Å². The summed E-state index contributed by atoms with van der Waals surface area (Å²) in [5.41, 5.74) is 1.19. The maximum absolute atomic E-state index is 13.0. The number of hydrogen-bond acceptors (Lipinski definition) is 6. The quantitative estimate of drug-likeness (QED) is 0.461. The summed E-state index contributed by atoms with van der Waals surface area (Å²) in [5.74, 6) is -1.33. The molecular weight excluding hydrogens is 451 g/mol. The van der Waals surface area contributed by atoms with Gasteiger partial charge >= 0.3 is 5.97 Å². The van der Waals surface area contributed by atoms with Crippen LogP contribution >= 0.6 is 0 Å². The fourth-order valence-electron chi connectivity index (χ4n) is 2.86. The second kappa shape index (κ2) is 10.4. The molecule has 1 atom stereocenters. The Morgan fingerprint density at radius 2 is 1.82 bits per heavy atom. The van der Waals surface area contributed by atoms with E-state index in [2.05, 4.69) is 10.0 Å². The van der Waals surface area contributed by atoms with Gasteiger partial charge in [0.05, 0.1) is 23.3 Å². The van der Waals surface area contributed by atoms with E-state index in [1.807, 2.05) is 0 Å². The number of sulfonamides is 1. The van der Waals surface area contributed by atoms with Crippen molar-refractivity contribution in [2.24, 2.45) is 0 Å². The molecule has 0 radical (unpaired) electrons. The van der Waals surface area contributed by atoms with Gasteiger partial charge in [-0.2, -0.15) is 0 Å².